The van der Waals surface area contributed by atoms with Gasteiger partial charge in [-0.2, -0.15) is 0 Å². The van der Waals surface area contributed by atoms with Crippen molar-refractivity contribution in [2.24, 2.45) is 0 Å². The van der Waals surface area contributed by atoms with Crippen molar-refractivity contribution < 1.29 is 23.0 Å². The van der Waals surface area contributed by atoms with E-state index < -0.39 is 11.6 Å². The Morgan fingerprint density at radius 3 is 2.50 bits per heavy atom. The molecule has 1 aromatic rings. The molecule has 0 bridgehead atoms. The molecule has 0 radical (unpaired) electrons. The molecule has 1 aromatic carbocycles. The summed E-state index contributed by atoms with van der Waals surface area (Å²) in [5, 5.41) is 3.31. The summed E-state index contributed by atoms with van der Waals surface area (Å²) in [5.74, 6) is -0.976. The van der Waals surface area contributed by atoms with Crippen LogP contribution in [-0.2, 0) is 9.47 Å². The van der Waals surface area contributed by atoms with Crippen molar-refractivity contribution >= 4 is 0 Å². The van der Waals surface area contributed by atoms with Gasteiger partial charge in [-0.1, -0.05) is 0 Å². The number of ether oxygens (including phenoxy) is 3. The maximum atomic E-state index is 14.0. The molecule has 4 heterocycles. The van der Waals surface area contributed by atoms with Gasteiger partial charge in [0.25, 0.3) is 0 Å². The Balaban J connectivity index is 1.26. The number of hydrogen-bond acceptors (Lipinski definition) is 5. The van der Waals surface area contributed by atoms with Crippen LogP contribution in [0.4, 0.5) is 8.78 Å². The van der Waals surface area contributed by atoms with Gasteiger partial charge in [0.2, 0.25) is 0 Å². The average molecular weight is 394 g/mol. The van der Waals surface area contributed by atoms with Crippen LogP contribution in [0, 0.1) is 11.6 Å². The topological polar surface area (TPSA) is 43.0 Å². The van der Waals surface area contributed by atoms with Crippen molar-refractivity contribution in [3.05, 3.63) is 29.3 Å². The Labute approximate surface area is 164 Å². The minimum absolute atomic E-state index is 0.0615. The SMILES string of the molecule is Fc1cc(OC2CCOC2)c(C2CCN(C3COC4(CNC4)C3)CC2)cc1F. The van der Waals surface area contributed by atoms with E-state index in [1.54, 1.807) is 0 Å². The monoisotopic (exact) mass is 394 g/mol. The molecule has 1 N–H and O–H groups in total. The number of benzene rings is 1. The molecule has 4 fully saturated rings. The van der Waals surface area contributed by atoms with Crippen LogP contribution in [0.2, 0.25) is 0 Å². The fourth-order valence-electron chi connectivity index (χ4n) is 5.03. The fraction of sp³-hybridized carbons (Fsp3) is 0.714. The van der Waals surface area contributed by atoms with Crippen molar-refractivity contribution in [1.29, 1.82) is 0 Å². The second-order valence-corrected chi connectivity index (χ2v) is 8.67. The van der Waals surface area contributed by atoms with E-state index >= 15 is 0 Å². The first kappa shape index (κ1) is 18.7. The molecule has 4 aliphatic heterocycles. The highest BCUT2D eigenvalue weighted by molar-refractivity contribution is 5.38. The standard InChI is InChI=1S/C21H28F2N2O3/c22-18-7-17(20(8-19(18)23)28-16-3-6-26-11-16)14-1-4-25(5-2-14)15-9-21(27-10-15)12-24-13-21/h7-8,14-16,24H,1-6,9-13H2. The van der Waals surface area contributed by atoms with Gasteiger partial charge in [0.15, 0.2) is 11.6 Å². The number of nitrogens with zero attached hydrogens (tertiary/aromatic N) is 1. The van der Waals surface area contributed by atoms with E-state index in [2.05, 4.69) is 10.2 Å². The van der Waals surface area contributed by atoms with Crippen LogP contribution in [0.3, 0.4) is 0 Å². The lowest BCUT2D eigenvalue weighted by Gasteiger charge is -2.40. The lowest BCUT2D eigenvalue weighted by molar-refractivity contribution is -0.0367. The number of hydrogen-bond donors (Lipinski definition) is 1. The van der Waals surface area contributed by atoms with Gasteiger partial charge in [-0.25, -0.2) is 8.78 Å². The maximum Gasteiger partial charge on any atom is 0.162 e. The third-order valence-corrected chi connectivity index (χ3v) is 6.80. The Bertz CT molecular complexity index is 714. The Morgan fingerprint density at radius 2 is 1.86 bits per heavy atom. The van der Waals surface area contributed by atoms with Gasteiger partial charge in [0, 0.05) is 37.2 Å². The number of rotatable bonds is 4. The zero-order valence-electron chi connectivity index (χ0n) is 16.1. The molecule has 0 aromatic heterocycles. The minimum Gasteiger partial charge on any atom is -0.488 e. The number of piperidine rings is 1. The van der Waals surface area contributed by atoms with E-state index in [0.29, 0.717) is 25.0 Å². The van der Waals surface area contributed by atoms with Crippen molar-refractivity contribution in [2.45, 2.75) is 49.3 Å². The molecular formula is C21H28F2N2O3. The van der Waals surface area contributed by atoms with Crippen LogP contribution in [0.5, 0.6) is 5.75 Å². The molecule has 2 unspecified atom stereocenters. The van der Waals surface area contributed by atoms with Crippen LogP contribution < -0.4 is 10.1 Å². The van der Waals surface area contributed by atoms with Crippen LogP contribution in [0.1, 0.15) is 37.2 Å². The van der Waals surface area contributed by atoms with E-state index in [4.69, 9.17) is 14.2 Å². The summed E-state index contributed by atoms with van der Waals surface area (Å²) in [6, 6.07) is 3.03. The minimum atomic E-state index is -0.849. The predicted octanol–water partition coefficient (Wildman–Crippen LogP) is 2.44. The van der Waals surface area contributed by atoms with E-state index in [9.17, 15) is 8.78 Å². The molecule has 0 saturated carbocycles. The molecule has 4 aliphatic rings. The maximum absolute atomic E-state index is 14.0. The normalized spacial score (nSPS) is 30.6. The molecule has 1 spiro atoms. The Kier molecular flexibility index (Phi) is 5.03. The molecular weight excluding hydrogens is 366 g/mol. The van der Waals surface area contributed by atoms with Crippen LogP contribution >= 0.6 is 0 Å². The summed E-state index contributed by atoms with van der Waals surface area (Å²) in [6.07, 6.45) is 3.64. The third kappa shape index (κ3) is 3.54. The van der Waals surface area contributed by atoms with Crippen molar-refractivity contribution in [3.8, 4) is 5.75 Å². The highest BCUT2D eigenvalue weighted by Crippen LogP contribution is 2.39. The Morgan fingerprint density at radius 1 is 1.07 bits per heavy atom. The zero-order chi connectivity index (χ0) is 19.1. The predicted molar refractivity (Wildman–Crippen MR) is 99.7 cm³/mol. The highest BCUT2D eigenvalue weighted by atomic mass is 19.2. The summed E-state index contributed by atoms with van der Waals surface area (Å²) in [4.78, 5) is 2.51. The fourth-order valence-corrected chi connectivity index (χ4v) is 5.03. The molecule has 5 rings (SSSR count). The first-order valence-corrected chi connectivity index (χ1v) is 10.4. The summed E-state index contributed by atoms with van der Waals surface area (Å²) < 4.78 is 45.3. The Hall–Kier alpha value is -1.28. The first-order chi connectivity index (χ1) is 13.6. The lowest BCUT2D eigenvalue weighted by Crippen LogP contribution is -2.59. The van der Waals surface area contributed by atoms with E-state index in [0.717, 1.165) is 64.0 Å². The van der Waals surface area contributed by atoms with Crippen LogP contribution in [0.25, 0.3) is 0 Å². The van der Waals surface area contributed by atoms with E-state index in [1.165, 1.54) is 12.1 Å². The summed E-state index contributed by atoms with van der Waals surface area (Å²) >= 11 is 0. The van der Waals surface area contributed by atoms with Gasteiger partial charge in [-0.3, -0.25) is 4.90 Å². The largest absolute Gasteiger partial charge is 0.488 e. The average Bonchev–Trinajstić information content (AvgIpc) is 3.34. The van der Waals surface area contributed by atoms with Crippen molar-refractivity contribution in [1.82, 2.24) is 10.2 Å². The number of likely N-dealkylation sites (tertiary alicyclic amines) is 1. The number of nitrogens with one attached hydrogen (secondary N) is 1. The molecule has 0 aliphatic carbocycles. The molecule has 5 nitrogen and oxygen atoms in total. The second-order valence-electron chi connectivity index (χ2n) is 8.67. The van der Waals surface area contributed by atoms with Crippen molar-refractivity contribution in [2.75, 3.05) is 46.0 Å². The third-order valence-electron chi connectivity index (χ3n) is 6.80. The van der Waals surface area contributed by atoms with Crippen LogP contribution in [0.15, 0.2) is 12.1 Å². The molecule has 0 amide bonds. The highest BCUT2D eigenvalue weighted by Gasteiger charge is 2.47. The quantitative estimate of drug-likeness (QED) is 0.850. The first-order valence-electron chi connectivity index (χ1n) is 10.4. The summed E-state index contributed by atoms with van der Waals surface area (Å²) in [5.41, 5.74) is 0.860. The van der Waals surface area contributed by atoms with Gasteiger partial charge < -0.3 is 19.5 Å². The van der Waals surface area contributed by atoms with E-state index in [-0.39, 0.29) is 17.6 Å². The number of halogens is 2. The van der Waals surface area contributed by atoms with Gasteiger partial charge in [-0.15, -0.1) is 0 Å². The lowest BCUT2D eigenvalue weighted by atomic mass is 9.86. The molecule has 2 atom stereocenters. The summed E-state index contributed by atoms with van der Waals surface area (Å²) in [7, 11) is 0. The van der Waals surface area contributed by atoms with Crippen molar-refractivity contribution in [3.63, 3.8) is 0 Å². The van der Waals surface area contributed by atoms with E-state index in [1.807, 2.05) is 0 Å². The van der Waals surface area contributed by atoms with Gasteiger partial charge in [-0.05, 0) is 44.3 Å². The summed E-state index contributed by atoms with van der Waals surface area (Å²) in [6.45, 7) is 5.78. The van der Waals surface area contributed by atoms with Gasteiger partial charge in [0.1, 0.15) is 11.9 Å². The molecule has 4 saturated heterocycles. The van der Waals surface area contributed by atoms with Crippen LogP contribution in [-0.4, -0.2) is 68.6 Å². The molecule has 28 heavy (non-hydrogen) atoms. The zero-order valence-corrected chi connectivity index (χ0v) is 16.1. The van der Waals surface area contributed by atoms with Gasteiger partial charge in [0.05, 0.1) is 25.4 Å². The second kappa shape index (κ2) is 7.52. The molecule has 7 heteroatoms. The molecule has 154 valence electrons. The van der Waals surface area contributed by atoms with Gasteiger partial charge >= 0.3 is 0 Å². The smallest absolute Gasteiger partial charge is 0.162 e.